The van der Waals surface area contributed by atoms with E-state index in [0.29, 0.717) is 25.7 Å². The first-order valence-electron chi connectivity index (χ1n) is 14.9. The van der Waals surface area contributed by atoms with Crippen LogP contribution >= 0.6 is 16.3 Å². The molecule has 8 fully saturated rings. The monoisotopic (exact) mass is 614 g/mol. The quantitative estimate of drug-likeness (QED) is 0.311. The maximum atomic E-state index is 7.02. The van der Waals surface area contributed by atoms with Crippen LogP contribution in [0.15, 0.2) is 48.5 Å². The van der Waals surface area contributed by atoms with Crippen molar-refractivity contribution in [1.82, 2.24) is 0 Å². The van der Waals surface area contributed by atoms with Crippen LogP contribution in [0.2, 0.25) is 0 Å². The number of hydrogen-bond acceptors (Lipinski definition) is 8. The van der Waals surface area contributed by atoms with Crippen LogP contribution in [-0.2, 0) is 28.4 Å². The molecule has 8 saturated heterocycles. The van der Waals surface area contributed by atoms with E-state index in [9.17, 15) is 0 Å². The average Bonchev–Trinajstić information content (AvgIpc) is 2.80. The molecular formula is C32H40O8P2. The van der Waals surface area contributed by atoms with E-state index in [1.807, 2.05) is 64.1 Å². The number of para-hydroxylation sites is 2. The molecule has 8 bridgehead atoms. The van der Waals surface area contributed by atoms with Crippen molar-refractivity contribution in [3.05, 3.63) is 48.5 Å². The Balaban J connectivity index is 1.14. The molecule has 8 atom stereocenters. The lowest BCUT2D eigenvalue weighted by molar-refractivity contribution is -0.470. The van der Waals surface area contributed by atoms with Crippen molar-refractivity contribution in [1.29, 1.82) is 0 Å². The third kappa shape index (κ3) is 4.03. The van der Waals surface area contributed by atoms with Gasteiger partial charge in [-0.15, -0.1) is 0 Å². The van der Waals surface area contributed by atoms with E-state index in [1.165, 1.54) is 0 Å². The molecule has 2 aromatic carbocycles. The maximum Gasteiger partial charge on any atom is 0.173 e. The highest BCUT2D eigenvalue weighted by Crippen LogP contribution is 2.78. The summed E-state index contributed by atoms with van der Waals surface area (Å²) in [5, 5.41) is -2.05. The molecule has 0 spiro atoms. The lowest BCUT2D eigenvalue weighted by Crippen LogP contribution is -2.71. The third-order valence-corrected chi connectivity index (χ3v) is 14.6. The molecule has 8 heterocycles. The summed E-state index contributed by atoms with van der Waals surface area (Å²) in [5.74, 6) is -1.18. The average molecular weight is 615 g/mol. The van der Waals surface area contributed by atoms with Crippen LogP contribution in [-0.4, -0.2) is 44.5 Å². The molecule has 2 aromatic rings. The normalized spacial score (nSPS) is 51.6. The highest BCUT2D eigenvalue weighted by Gasteiger charge is 2.74. The molecule has 226 valence electrons. The third-order valence-electron chi connectivity index (χ3n) is 9.37. The lowest BCUT2D eigenvalue weighted by Gasteiger charge is -2.68. The summed E-state index contributed by atoms with van der Waals surface area (Å²) in [6.45, 7) is 16.7. The van der Waals surface area contributed by atoms with E-state index in [-0.39, 0.29) is 0 Å². The van der Waals surface area contributed by atoms with Crippen LogP contribution in [0.1, 0.15) is 81.1 Å². The summed E-state index contributed by atoms with van der Waals surface area (Å²) in [4.78, 5) is 0. The predicted octanol–water partition coefficient (Wildman–Crippen LogP) is 8.38. The van der Waals surface area contributed by atoms with Crippen molar-refractivity contribution in [2.45, 2.75) is 126 Å². The van der Waals surface area contributed by atoms with Crippen molar-refractivity contribution in [2.75, 3.05) is 0 Å². The van der Waals surface area contributed by atoms with Crippen LogP contribution in [0.3, 0.4) is 0 Å². The molecule has 8 nitrogen and oxygen atoms in total. The Morgan fingerprint density at radius 3 is 1.05 bits per heavy atom. The Morgan fingerprint density at radius 2 is 0.738 bits per heavy atom. The lowest BCUT2D eigenvalue weighted by atomic mass is 9.98. The van der Waals surface area contributed by atoms with Gasteiger partial charge in [-0.3, -0.25) is 0 Å². The Labute approximate surface area is 250 Å². The van der Waals surface area contributed by atoms with Crippen LogP contribution in [0.25, 0.3) is 11.1 Å². The van der Waals surface area contributed by atoms with Gasteiger partial charge in [-0.1, -0.05) is 36.4 Å². The topological polar surface area (TPSA) is 73.8 Å². The first-order valence-corrected chi connectivity index (χ1v) is 17.4. The SMILES string of the molecule is CC12CC3(C)OC(C)(CC(C)(O1)P3Oc1ccccc1-c1ccccc1OP1C3(C)CC4(C)OC(C)(CC1(C)O4)O3)O2. The van der Waals surface area contributed by atoms with Crippen molar-refractivity contribution in [3.8, 4) is 22.6 Å². The Kier molecular flexibility index (Phi) is 5.54. The molecule has 0 N–H and O–H groups in total. The minimum absolute atomic E-state index is 0.513. The second-order valence-electron chi connectivity index (χ2n) is 14.3. The molecule has 0 amide bonds. The van der Waals surface area contributed by atoms with Crippen LogP contribution in [0.4, 0.5) is 0 Å². The summed E-state index contributed by atoms with van der Waals surface area (Å²) in [6.07, 6.45) is 2.45. The summed E-state index contributed by atoms with van der Waals surface area (Å²) in [6, 6.07) is 16.4. The van der Waals surface area contributed by atoms with Crippen LogP contribution < -0.4 is 9.05 Å². The first-order chi connectivity index (χ1) is 19.5. The zero-order chi connectivity index (χ0) is 29.6. The van der Waals surface area contributed by atoms with Crippen LogP contribution in [0.5, 0.6) is 11.5 Å². The Hall–Kier alpha value is -1.34. The predicted molar refractivity (Wildman–Crippen MR) is 159 cm³/mol. The standard InChI is InChI=1S/C32H40O8P2/c1-25-17-29(5)38-26(2,35-25)18-30(6,37-25)41(29)33-23-15-11-9-13-21(23)22-14-10-12-16-24(22)34-42-31(7)19-27(3)36-28(4,40-31)20-32(42,8)39-27/h9-16H,17-20H2,1-8H3. The van der Waals surface area contributed by atoms with Gasteiger partial charge in [0, 0.05) is 36.8 Å². The van der Waals surface area contributed by atoms with Gasteiger partial charge in [-0.05, 0) is 67.5 Å². The van der Waals surface area contributed by atoms with Gasteiger partial charge in [-0.2, -0.15) is 0 Å². The zero-order valence-electron chi connectivity index (χ0n) is 25.6. The molecule has 8 aliphatic rings. The molecule has 8 aliphatic heterocycles. The van der Waals surface area contributed by atoms with Gasteiger partial charge < -0.3 is 37.5 Å². The number of benzene rings is 2. The fourth-order valence-corrected chi connectivity index (χ4v) is 15.6. The Morgan fingerprint density at radius 1 is 0.452 bits per heavy atom. The summed E-state index contributed by atoms with van der Waals surface area (Å²) in [5.41, 5.74) is 1.93. The van der Waals surface area contributed by atoms with Crippen molar-refractivity contribution < 1.29 is 37.5 Å². The van der Waals surface area contributed by atoms with E-state index < -0.39 is 60.8 Å². The van der Waals surface area contributed by atoms with Gasteiger partial charge >= 0.3 is 0 Å². The highest BCUT2D eigenvalue weighted by atomic mass is 31.1. The molecule has 0 aliphatic carbocycles. The van der Waals surface area contributed by atoms with Gasteiger partial charge in [0.15, 0.2) is 39.4 Å². The highest BCUT2D eigenvalue weighted by molar-refractivity contribution is 7.56. The molecule has 0 saturated carbocycles. The minimum atomic E-state index is -1.19. The van der Waals surface area contributed by atoms with Gasteiger partial charge in [-0.25, -0.2) is 0 Å². The molecular weight excluding hydrogens is 574 g/mol. The first kappa shape index (κ1) is 28.2. The molecule has 8 unspecified atom stereocenters. The van der Waals surface area contributed by atoms with Crippen LogP contribution in [0, 0.1) is 0 Å². The molecule has 0 aromatic heterocycles. The van der Waals surface area contributed by atoms with Crippen molar-refractivity contribution in [2.24, 2.45) is 0 Å². The van der Waals surface area contributed by atoms with Crippen molar-refractivity contribution >= 4 is 16.3 Å². The number of ether oxygens (including phenoxy) is 6. The molecule has 10 heteroatoms. The summed E-state index contributed by atoms with van der Waals surface area (Å²) >= 11 is 0. The van der Waals surface area contributed by atoms with E-state index in [4.69, 9.17) is 37.5 Å². The largest absolute Gasteiger partial charge is 0.468 e. The van der Waals surface area contributed by atoms with E-state index >= 15 is 0 Å². The van der Waals surface area contributed by atoms with Gasteiger partial charge in [0.05, 0.1) is 0 Å². The Bertz CT molecular complexity index is 1280. The van der Waals surface area contributed by atoms with Gasteiger partial charge in [0.25, 0.3) is 0 Å². The summed E-state index contributed by atoms with van der Waals surface area (Å²) < 4.78 is 53.0. The van der Waals surface area contributed by atoms with E-state index in [2.05, 4.69) is 39.8 Å². The second-order valence-corrected chi connectivity index (χ2v) is 19.6. The van der Waals surface area contributed by atoms with E-state index in [1.54, 1.807) is 0 Å². The zero-order valence-corrected chi connectivity index (χ0v) is 27.4. The maximum absolute atomic E-state index is 7.02. The fourth-order valence-electron chi connectivity index (χ4n) is 9.25. The summed E-state index contributed by atoms with van der Waals surface area (Å²) in [7, 11) is -2.39. The molecule has 10 rings (SSSR count). The molecule has 0 radical (unpaired) electrons. The second kappa shape index (κ2) is 8.27. The van der Waals surface area contributed by atoms with Crippen molar-refractivity contribution in [3.63, 3.8) is 0 Å². The number of rotatable bonds is 5. The minimum Gasteiger partial charge on any atom is -0.468 e. The smallest absolute Gasteiger partial charge is 0.173 e. The van der Waals surface area contributed by atoms with Gasteiger partial charge in [0.2, 0.25) is 0 Å². The number of hydrogen-bond donors (Lipinski definition) is 0. The van der Waals surface area contributed by atoms with E-state index in [0.717, 1.165) is 22.6 Å². The molecule has 42 heavy (non-hydrogen) atoms. The fraction of sp³-hybridized carbons (Fsp3) is 0.625. The van der Waals surface area contributed by atoms with Gasteiger partial charge in [0.1, 0.15) is 32.9 Å².